The van der Waals surface area contributed by atoms with Crippen molar-refractivity contribution < 1.29 is 72.0 Å². The summed E-state index contributed by atoms with van der Waals surface area (Å²) in [5.41, 5.74) is 0. The lowest BCUT2D eigenvalue weighted by Gasteiger charge is -2.32. The van der Waals surface area contributed by atoms with Gasteiger partial charge in [0.05, 0.1) is 26.2 Å². The van der Waals surface area contributed by atoms with Crippen LogP contribution >= 0.6 is 0 Å². The number of carbonyl (C=O) groups is 7. The van der Waals surface area contributed by atoms with Crippen molar-refractivity contribution in [1.82, 2.24) is 24.7 Å². The third-order valence-corrected chi connectivity index (χ3v) is 5.80. The van der Waals surface area contributed by atoms with Crippen molar-refractivity contribution in [2.24, 2.45) is 0 Å². The summed E-state index contributed by atoms with van der Waals surface area (Å²) in [6, 6.07) is 0. The number of carboxylic acid groups (broad SMARTS) is 4. The molecule has 0 unspecified atom stereocenters. The highest BCUT2D eigenvalue weighted by Gasteiger charge is 2.38. The first-order valence-corrected chi connectivity index (χ1v) is 12.4. The average Bonchev–Trinajstić information content (AvgIpc) is 3.16. The van der Waals surface area contributed by atoms with E-state index in [-0.39, 0.29) is 91.4 Å². The first-order chi connectivity index (χ1) is 19.5. The molecule has 0 spiro atoms. The molecular weight excluding hydrogens is 583 g/mol. The largest absolute Gasteiger partial charge is 0.490 e. The molecule has 0 bridgehead atoms. The summed E-state index contributed by atoms with van der Waals surface area (Å²) in [6.45, 7) is 0.709. The van der Waals surface area contributed by atoms with Crippen LogP contribution in [0.4, 0.5) is 13.2 Å². The van der Waals surface area contributed by atoms with Gasteiger partial charge in [0.15, 0.2) is 0 Å². The zero-order valence-corrected chi connectivity index (χ0v) is 22.3. The highest BCUT2D eigenvalue weighted by atomic mass is 19.4. The van der Waals surface area contributed by atoms with Crippen LogP contribution in [0.1, 0.15) is 12.8 Å². The van der Waals surface area contributed by atoms with Crippen LogP contribution in [0.2, 0.25) is 0 Å². The fourth-order valence-corrected chi connectivity index (χ4v) is 3.76. The summed E-state index contributed by atoms with van der Waals surface area (Å²) in [5.74, 6) is -7.99. The minimum Gasteiger partial charge on any atom is -0.480 e. The number of alkyl halides is 3. The number of carboxylic acids is 4. The van der Waals surface area contributed by atoms with Crippen LogP contribution in [-0.2, 0) is 38.4 Å². The quantitative estimate of drug-likeness (QED) is 0.200. The molecule has 2 amide bonds. The van der Waals surface area contributed by atoms with Gasteiger partial charge in [0.2, 0.25) is 0 Å². The molecule has 0 aromatic rings. The number of halogens is 3. The fraction of sp³-hybridized carbons (Fsp3) is 0.682. The van der Waals surface area contributed by atoms with Gasteiger partial charge in [-0.05, 0) is 0 Å². The van der Waals surface area contributed by atoms with E-state index < -0.39 is 47.8 Å². The smallest absolute Gasteiger partial charge is 0.480 e. The molecule has 2 rings (SSSR count). The van der Waals surface area contributed by atoms with Crippen LogP contribution in [0, 0.1) is 0 Å². The Balaban J connectivity index is 0.00000112. The lowest BCUT2D eigenvalue weighted by atomic mass is 10.3. The Morgan fingerprint density at radius 3 is 1.10 bits per heavy atom. The van der Waals surface area contributed by atoms with Gasteiger partial charge in [-0.3, -0.25) is 43.6 Å². The number of hydrogen-bond donors (Lipinski definition) is 4. The van der Waals surface area contributed by atoms with Gasteiger partial charge in [-0.1, -0.05) is 0 Å². The van der Waals surface area contributed by atoms with Gasteiger partial charge in [-0.15, -0.1) is 5.06 Å². The lowest BCUT2D eigenvalue weighted by Crippen LogP contribution is -2.49. The number of carbonyl (C=O) groups excluding carboxylic acids is 3. The van der Waals surface area contributed by atoms with Crippen LogP contribution in [-0.4, -0.2) is 171 Å². The van der Waals surface area contributed by atoms with Crippen LogP contribution in [0.3, 0.4) is 0 Å². The summed E-state index contributed by atoms with van der Waals surface area (Å²) in [6.07, 6.45) is -5.16. The van der Waals surface area contributed by atoms with Gasteiger partial charge in [0.1, 0.15) is 0 Å². The number of hydrogen-bond acceptors (Lipinski definition) is 12. The maximum absolute atomic E-state index is 12.4. The molecule has 2 fully saturated rings. The summed E-state index contributed by atoms with van der Waals surface area (Å²) in [5, 5.41) is 35.2. The highest BCUT2D eigenvalue weighted by molar-refractivity contribution is 6.01. The maximum Gasteiger partial charge on any atom is 0.490 e. The van der Waals surface area contributed by atoms with E-state index >= 15 is 0 Å². The number of imide groups is 1. The number of hydroxylamine groups is 2. The SMILES string of the molecule is O=C(O)C(F)(F)F.O=C(O)CN1CCN(CC(=O)O)CCN(CC(=O)ON2C(=O)CCC2=O)CCN(CC(=O)O)CC1. The molecule has 17 nitrogen and oxygen atoms in total. The molecule has 2 heterocycles. The molecule has 0 radical (unpaired) electrons. The van der Waals surface area contributed by atoms with E-state index in [0.29, 0.717) is 5.06 Å². The number of aliphatic carboxylic acids is 4. The Morgan fingerprint density at radius 1 is 0.595 bits per heavy atom. The minimum atomic E-state index is -5.08. The molecule has 2 aliphatic rings. The molecule has 0 aromatic carbocycles. The molecule has 2 aliphatic heterocycles. The summed E-state index contributed by atoms with van der Waals surface area (Å²) < 4.78 is 31.7. The zero-order chi connectivity index (χ0) is 32.0. The normalized spacial score (nSPS) is 18.8. The van der Waals surface area contributed by atoms with Crippen molar-refractivity contribution in [3.63, 3.8) is 0 Å². The van der Waals surface area contributed by atoms with E-state index in [0.717, 1.165) is 0 Å². The predicted octanol–water partition coefficient (Wildman–Crippen LogP) is -2.30. The van der Waals surface area contributed by atoms with Crippen molar-refractivity contribution >= 4 is 41.7 Å². The first-order valence-electron chi connectivity index (χ1n) is 12.4. The monoisotopic (exact) mass is 615 g/mol. The molecule has 238 valence electrons. The second-order valence-electron chi connectivity index (χ2n) is 9.13. The highest BCUT2D eigenvalue weighted by Crippen LogP contribution is 2.13. The first kappa shape index (κ1) is 36.1. The van der Waals surface area contributed by atoms with Crippen LogP contribution in [0.5, 0.6) is 0 Å². The Morgan fingerprint density at radius 2 is 0.857 bits per heavy atom. The van der Waals surface area contributed by atoms with Gasteiger partial charge >= 0.3 is 36.0 Å². The number of nitrogens with zero attached hydrogens (tertiary/aromatic N) is 5. The second-order valence-corrected chi connectivity index (χ2v) is 9.13. The van der Waals surface area contributed by atoms with E-state index in [2.05, 4.69) is 0 Å². The zero-order valence-electron chi connectivity index (χ0n) is 22.3. The third kappa shape index (κ3) is 14.7. The van der Waals surface area contributed by atoms with Crippen molar-refractivity contribution in [3.8, 4) is 0 Å². The van der Waals surface area contributed by atoms with Gasteiger partial charge in [-0.2, -0.15) is 13.2 Å². The van der Waals surface area contributed by atoms with E-state index in [1.165, 1.54) is 0 Å². The van der Waals surface area contributed by atoms with Gasteiger partial charge < -0.3 is 25.3 Å². The van der Waals surface area contributed by atoms with Gasteiger partial charge in [0.25, 0.3) is 11.8 Å². The lowest BCUT2D eigenvalue weighted by molar-refractivity contribution is -0.198. The van der Waals surface area contributed by atoms with Crippen LogP contribution in [0.25, 0.3) is 0 Å². The molecule has 4 N–H and O–H groups in total. The van der Waals surface area contributed by atoms with E-state index in [1.807, 2.05) is 0 Å². The standard InChI is InChI=1S/C20H31N5O10.C2HF3O2/c26-15-1-2-16(27)25(15)35-20(34)14-24-9-7-22(12-18(30)31)5-3-21(11-17(28)29)4-6-23(8-10-24)13-19(32)33;3-2(4,5)1(6)7/h1-14H2,(H,28,29)(H,30,31)(H,32,33);(H,6,7). The van der Waals surface area contributed by atoms with Crippen molar-refractivity contribution in [3.05, 3.63) is 0 Å². The number of rotatable bonds is 9. The maximum atomic E-state index is 12.4. The van der Waals surface area contributed by atoms with Crippen molar-refractivity contribution in [2.75, 3.05) is 78.5 Å². The molecule has 0 aliphatic carbocycles. The summed E-state index contributed by atoms with van der Waals surface area (Å²) in [7, 11) is 0. The van der Waals surface area contributed by atoms with E-state index in [9.17, 15) is 57.3 Å². The summed E-state index contributed by atoms with van der Waals surface area (Å²) >= 11 is 0. The Hall–Kier alpha value is -3.88. The number of amides is 2. The molecule has 0 aromatic heterocycles. The Labute approximate surface area is 236 Å². The van der Waals surface area contributed by atoms with Gasteiger partial charge in [-0.25, -0.2) is 9.59 Å². The third-order valence-electron chi connectivity index (χ3n) is 5.80. The molecular formula is C22H32F3N5O12. The molecule has 2 saturated heterocycles. The van der Waals surface area contributed by atoms with Crippen LogP contribution < -0.4 is 0 Å². The van der Waals surface area contributed by atoms with Crippen molar-refractivity contribution in [1.29, 1.82) is 0 Å². The van der Waals surface area contributed by atoms with Crippen LogP contribution in [0.15, 0.2) is 0 Å². The molecule has 20 heteroatoms. The Bertz CT molecular complexity index is 964. The molecule has 42 heavy (non-hydrogen) atoms. The minimum absolute atomic E-state index is 0.0387. The topological polar surface area (TPSA) is 226 Å². The summed E-state index contributed by atoms with van der Waals surface area (Å²) in [4.78, 5) is 89.9. The van der Waals surface area contributed by atoms with E-state index in [1.54, 1.807) is 19.6 Å². The van der Waals surface area contributed by atoms with Gasteiger partial charge in [0, 0.05) is 65.2 Å². The average molecular weight is 616 g/mol. The van der Waals surface area contributed by atoms with E-state index in [4.69, 9.17) is 14.7 Å². The predicted molar refractivity (Wildman–Crippen MR) is 130 cm³/mol. The molecule has 0 atom stereocenters. The molecule has 0 saturated carbocycles. The Kier molecular flexibility index (Phi) is 14.8. The fourth-order valence-electron chi connectivity index (χ4n) is 3.76. The second kappa shape index (κ2) is 17.2. The van der Waals surface area contributed by atoms with Crippen molar-refractivity contribution in [2.45, 2.75) is 19.0 Å².